The average Bonchev–Trinajstić information content (AvgIpc) is 1.90. The van der Waals surface area contributed by atoms with Crippen molar-refractivity contribution in [1.29, 1.82) is 0 Å². The van der Waals surface area contributed by atoms with Crippen LogP contribution in [0.5, 0.6) is 0 Å². The lowest BCUT2D eigenvalue weighted by Crippen LogP contribution is -1.94. The highest BCUT2D eigenvalue weighted by atomic mass is 15.0. The van der Waals surface area contributed by atoms with Crippen molar-refractivity contribution in [3.8, 4) is 0 Å². The second kappa shape index (κ2) is 2.44. The highest BCUT2D eigenvalue weighted by Crippen LogP contribution is 1.95. The van der Waals surface area contributed by atoms with Crippen molar-refractivity contribution in [2.45, 2.75) is 13.3 Å². The Bertz CT molecular complexity index is 180. The molecule has 0 aromatic carbocycles. The second-order valence-corrected chi connectivity index (χ2v) is 1.80. The molecule has 1 heterocycles. The van der Waals surface area contributed by atoms with Gasteiger partial charge in [-0.15, -0.1) is 0 Å². The Kier molecular flexibility index (Phi) is 1.63. The molecule has 0 atom stereocenters. The van der Waals surface area contributed by atoms with Crippen LogP contribution in [0, 0.1) is 0 Å². The Morgan fingerprint density at radius 3 is 2.44 bits per heavy atom. The van der Waals surface area contributed by atoms with Crippen molar-refractivity contribution in [2.75, 3.05) is 5.73 Å². The molecule has 1 aromatic rings. The van der Waals surface area contributed by atoms with Crippen molar-refractivity contribution in [2.24, 2.45) is 0 Å². The van der Waals surface area contributed by atoms with Crippen LogP contribution in [0.1, 0.15) is 12.5 Å². The van der Waals surface area contributed by atoms with E-state index in [1.54, 1.807) is 12.4 Å². The minimum Gasteiger partial charge on any atom is -0.368 e. The summed E-state index contributed by atoms with van der Waals surface area (Å²) in [6, 6.07) is 0. The first kappa shape index (κ1) is 6.01. The Hall–Kier alpha value is -1.12. The van der Waals surface area contributed by atoms with Gasteiger partial charge in [-0.2, -0.15) is 0 Å². The Morgan fingerprint density at radius 1 is 1.44 bits per heavy atom. The predicted octanol–water partition coefficient (Wildman–Crippen LogP) is 0.621. The zero-order valence-electron chi connectivity index (χ0n) is 5.33. The lowest BCUT2D eigenvalue weighted by Gasteiger charge is -1.92. The number of hydrogen-bond donors (Lipinski definition) is 1. The molecule has 0 saturated carbocycles. The van der Waals surface area contributed by atoms with E-state index in [0.717, 1.165) is 12.0 Å². The zero-order valence-corrected chi connectivity index (χ0v) is 5.33. The summed E-state index contributed by atoms with van der Waals surface area (Å²) in [6.07, 6.45) is 4.44. The molecule has 0 bridgehead atoms. The fourth-order valence-electron chi connectivity index (χ4n) is 0.547. The summed E-state index contributed by atoms with van der Waals surface area (Å²) in [5.74, 6) is 0.340. The summed E-state index contributed by atoms with van der Waals surface area (Å²) in [4.78, 5) is 7.63. The molecule has 1 rings (SSSR count). The van der Waals surface area contributed by atoms with Crippen molar-refractivity contribution in [1.82, 2.24) is 9.97 Å². The molecule has 3 nitrogen and oxygen atoms in total. The Balaban J connectivity index is 2.88. The largest absolute Gasteiger partial charge is 0.368 e. The average molecular weight is 123 g/mol. The monoisotopic (exact) mass is 123 g/mol. The molecule has 3 heteroatoms. The van der Waals surface area contributed by atoms with Crippen LogP contribution in [0.25, 0.3) is 0 Å². The minimum atomic E-state index is 0.340. The first-order valence-corrected chi connectivity index (χ1v) is 2.89. The van der Waals surface area contributed by atoms with Crippen molar-refractivity contribution in [3.63, 3.8) is 0 Å². The molecule has 2 N–H and O–H groups in total. The fraction of sp³-hybridized carbons (Fsp3) is 0.333. The lowest BCUT2D eigenvalue weighted by atomic mass is 10.3. The second-order valence-electron chi connectivity index (χ2n) is 1.80. The highest BCUT2D eigenvalue weighted by Gasteiger charge is 1.87. The molecule has 0 spiro atoms. The van der Waals surface area contributed by atoms with Gasteiger partial charge in [0.15, 0.2) is 0 Å². The smallest absolute Gasteiger partial charge is 0.219 e. The van der Waals surface area contributed by atoms with Crippen LogP contribution in [0.2, 0.25) is 0 Å². The van der Waals surface area contributed by atoms with Crippen LogP contribution in [0.15, 0.2) is 12.4 Å². The van der Waals surface area contributed by atoms with Gasteiger partial charge < -0.3 is 5.73 Å². The molecule has 1 aromatic heterocycles. The number of anilines is 1. The van der Waals surface area contributed by atoms with E-state index in [2.05, 4.69) is 16.9 Å². The van der Waals surface area contributed by atoms with Gasteiger partial charge in [-0.3, -0.25) is 0 Å². The van der Waals surface area contributed by atoms with Crippen LogP contribution < -0.4 is 5.73 Å². The number of rotatable bonds is 1. The quantitative estimate of drug-likeness (QED) is 0.595. The van der Waals surface area contributed by atoms with E-state index in [-0.39, 0.29) is 0 Å². The molecule has 0 amide bonds. The standard InChI is InChI=1S/C6H9N3/c1-2-5-3-8-6(7)9-4-5/h3-4H,2H2,1H3,(H2,7,8,9). The van der Waals surface area contributed by atoms with Gasteiger partial charge in [-0.05, 0) is 12.0 Å². The third-order valence-corrected chi connectivity index (χ3v) is 1.13. The molecule has 0 aliphatic carbocycles. The van der Waals surface area contributed by atoms with Crippen LogP contribution in [0.3, 0.4) is 0 Å². The van der Waals surface area contributed by atoms with E-state index < -0.39 is 0 Å². The number of hydrogen-bond acceptors (Lipinski definition) is 3. The first-order chi connectivity index (χ1) is 4.33. The number of nitrogens with two attached hydrogens (primary N) is 1. The van der Waals surface area contributed by atoms with Crippen LogP contribution in [-0.4, -0.2) is 9.97 Å². The third-order valence-electron chi connectivity index (χ3n) is 1.13. The van der Waals surface area contributed by atoms with E-state index in [4.69, 9.17) is 5.73 Å². The summed E-state index contributed by atoms with van der Waals surface area (Å²) in [5, 5.41) is 0. The number of aromatic nitrogens is 2. The molecule has 0 aliphatic heterocycles. The number of nitrogens with zero attached hydrogens (tertiary/aromatic N) is 2. The summed E-state index contributed by atoms with van der Waals surface area (Å²) in [6.45, 7) is 2.05. The van der Waals surface area contributed by atoms with Crippen LogP contribution in [-0.2, 0) is 6.42 Å². The number of nitrogen functional groups attached to an aromatic ring is 1. The molecule has 0 fully saturated rings. The molecule has 0 radical (unpaired) electrons. The van der Waals surface area contributed by atoms with Gasteiger partial charge in [0, 0.05) is 12.4 Å². The van der Waals surface area contributed by atoms with Gasteiger partial charge in [0.25, 0.3) is 0 Å². The summed E-state index contributed by atoms with van der Waals surface area (Å²) < 4.78 is 0. The maximum atomic E-state index is 5.26. The topological polar surface area (TPSA) is 51.8 Å². The highest BCUT2D eigenvalue weighted by molar-refractivity contribution is 5.16. The first-order valence-electron chi connectivity index (χ1n) is 2.89. The molecule has 0 saturated heterocycles. The Labute approximate surface area is 53.9 Å². The van der Waals surface area contributed by atoms with E-state index in [0.29, 0.717) is 5.95 Å². The van der Waals surface area contributed by atoms with Gasteiger partial charge >= 0.3 is 0 Å². The Morgan fingerprint density at radius 2 is 2.00 bits per heavy atom. The van der Waals surface area contributed by atoms with Crippen molar-refractivity contribution in [3.05, 3.63) is 18.0 Å². The summed E-state index contributed by atoms with van der Waals surface area (Å²) in [7, 11) is 0. The normalized spacial score (nSPS) is 9.44. The molecule has 0 aliphatic rings. The van der Waals surface area contributed by atoms with Crippen molar-refractivity contribution >= 4 is 5.95 Å². The summed E-state index contributed by atoms with van der Waals surface area (Å²) >= 11 is 0. The molecule has 9 heavy (non-hydrogen) atoms. The zero-order chi connectivity index (χ0) is 6.69. The number of aryl methyl sites for hydroxylation is 1. The maximum Gasteiger partial charge on any atom is 0.219 e. The maximum absolute atomic E-state index is 5.26. The van der Waals surface area contributed by atoms with E-state index in [9.17, 15) is 0 Å². The van der Waals surface area contributed by atoms with Crippen LogP contribution >= 0.6 is 0 Å². The predicted molar refractivity (Wildman–Crippen MR) is 35.8 cm³/mol. The van der Waals surface area contributed by atoms with Gasteiger partial charge in [0.2, 0.25) is 5.95 Å². The molecule has 0 unspecified atom stereocenters. The van der Waals surface area contributed by atoms with E-state index in [1.807, 2.05) is 0 Å². The SMILES string of the molecule is CCc1cnc(N)nc1. The third kappa shape index (κ3) is 1.38. The van der Waals surface area contributed by atoms with E-state index >= 15 is 0 Å². The minimum absolute atomic E-state index is 0.340. The lowest BCUT2D eigenvalue weighted by molar-refractivity contribution is 1.05. The molecule has 48 valence electrons. The summed E-state index contributed by atoms with van der Waals surface area (Å²) in [5.41, 5.74) is 6.37. The van der Waals surface area contributed by atoms with Gasteiger partial charge in [-0.25, -0.2) is 9.97 Å². The van der Waals surface area contributed by atoms with Crippen molar-refractivity contribution < 1.29 is 0 Å². The molecular weight excluding hydrogens is 114 g/mol. The van der Waals surface area contributed by atoms with Gasteiger partial charge in [0.1, 0.15) is 0 Å². The van der Waals surface area contributed by atoms with Gasteiger partial charge in [-0.1, -0.05) is 6.92 Å². The molecular formula is C6H9N3. The van der Waals surface area contributed by atoms with Crippen LogP contribution in [0.4, 0.5) is 5.95 Å². The van der Waals surface area contributed by atoms with E-state index in [1.165, 1.54) is 0 Å². The fourth-order valence-corrected chi connectivity index (χ4v) is 0.547. The van der Waals surface area contributed by atoms with Gasteiger partial charge in [0.05, 0.1) is 0 Å².